The monoisotopic (exact) mass is 608 g/mol. The summed E-state index contributed by atoms with van der Waals surface area (Å²) in [5.41, 5.74) is 4.48. The zero-order valence-corrected chi connectivity index (χ0v) is 25.5. The fourth-order valence-corrected chi connectivity index (χ4v) is 7.47. The van der Waals surface area contributed by atoms with Crippen LogP contribution in [-0.2, 0) is 31.1 Å². The topological polar surface area (TPSA) is 136 Å². The maximum atomic E-state index is 13.2. The Kier molecular flexibility index (Phi) is 7.24. The number of nitrogens with one attached hydrogen (secondary N) is 2. The lowest BCUT2D eigenvalue weighted by Gasteiger charge is -2.24. The van der Waals surface area contributed by atoms with Gasteiger partial charge in [0.15, 0.2) is 0 Å². The van der Waals surface area contributed by atoms with Crippen molar-refractivity contribution in [1.29, 1.82) is 0 Å². The van der Waals surface area contributed by atoms with Crippen LogP contribution < -0.4 is 14.8 Å². The number of carbonyl (C=O) groups excluding carboxylic acids is 3. The fraction of sp³-hybridized carbons (Fsp3) is 0.452. The molecule has 1 aliphatic heterocycles. The Morgan fingerprint density at radius 3 is 2.44 bits per heavy atom. The lowest BCUT2D eigenvalue weighted by atomic mass is 9.81. The molecule has 2 amide bonds. The molecule has 2 N–H and O–H groups in total. The summed E-state index contributed by atoms with van der Waals surface area (Å²) in [4.78, 5) is 38.2. The molecule has 2 unspecified atom stereocenters. The van der Waals surface area contributed by atoms with Crippen LogP contribution in [0.4, 0.5) is 0 Å². The molecule has 2 heterocycles. The molecular weight excluding hydrogens is 572 g/mol. The Morgan fingerprint density at radius 2 is 1.77 bits per heavy atom. The van der Waals surface area contributed by atoms with Gasteiger partial charge in [-0.3, -0.25) is 9.59 Å². The summed E-state index contributed by atoms with van der Waals surface area (Å²) in [6.45, 7) is 0.358. The highest BCUT2D eigenvalue weighted by atomic mass is 32.2. The molecule has 0 saturated heterocycles. The van der Waals surface area contributed by atoms with Crippen LogP contribution in [-0.4, -0.2) is 68.9 Å². The molecular formula is C31H36N4O7S. The predicted molar refractivity (Wildman–Crippen MR) is 160 cm³/mol. The van der Waals surface area contributed by atoms with Crippen LogP contribution in [0.5, 0.6) is 5.75 Å². The number of methoxy groups -OCH3 is 2. The third-order valence-corrected chi connectivity index (χ3v) is 10.6. The van der Waals surface area contributed by atoms with E-state index in [1.807, 2.05) is 18.2 Å². The van der Waals surface area contributed by atoms with Crippen molar-refractivity contribution in [2.24, 2.45) is 0 Å². The zero-order chi connectivity index (χ0) is 30.7. The van der Waals surface area contributed by atoms with Gasteiger partial charge in [-0.05, 0) is 66.6 Å². The van der Waals surface area contributed by atoms with Gasteiger partial charge in [0.2, 0.25) is 0 Å². The minimum atomic E-state index is -3.99. The number of hydrogen-bond donors (Lipinski definition) is 2. The molecule has 2 saturated carbocycles. The average molecular weight is 609 g/mol. The van der Waals surface area contributed by atoms with E-state index in [1.54, 1.807) is 19.2 Å². The fourth-order valence-electron chi connectivity index (χ4n) is 6.93. The Hall–Kier alpha value is -3.90. The molecule has 228 valence electrons. The minimum absolute atomic E-state index is 0.0722. The quantitative estimate of drug-likeness (QED) is 0.323. The SMILES string of the molecule is COC(=O)C(=O)NC12CC1c1cc(OC)ccc1-c1c(C3CCCCC3)c3ccc(C(=O)NS(=O)(=O)N(C)C)cc3n1C2. The van der Waals surface area contributed by atoms with Gasteiger partial charge in [-0.1, -0.05) is 25.3 Å². The van der Waals surface area contributed by atoms with Crippen LogP contribution in [0.2, 0.25) is 0 Å². The first kappa shape index (κ1) is 29.2. The largest absolute Gasteiger partial charge is 0.497 e. The number of aromatic nitrogens is 1. The number of fused-ring (bicyclic) bond motifs is 7. The van der Waals surface area contributed by atoms with E-state index in [0.29, 0.717) is 24.6 Å². The summed E-state index contributed by atoms with van der Waals surface area (Å²) in [5.74, 6) is -1.58. The van der Waals surface area contributed by atoms with E-state index < -0.39 is 33.5 Å². The molecule has 2 atom stereocenters. The number of hydrogen-bond acceptors (Lipinski definition) is 7. The van der Waals surface area contributed by atoms with Gasteiger partial charge in [-0.15, -0.1) is 0 Å². The van der Waals surface area contributed by atoms with Gasteiger partial charge in [0.1, 0.15) is 5.75 Å². The number of carbonyl (C=O) groups is 3. The third kappa shape index (κ3) is 4.96. The summed E-state index contributed by atoms with van der Waals surface area (Å²) in [5, 5.41) is 3.96. The van der Waals surface area contributed by atoms with Gasteiger partial charge in [0.25, 0.3) is 5.91 Å². The molecule has 11 nitrogen and oxygen atoms in total. The molecule has 12 heteroatoms. The smallest absolute Gasteiger partial charge is 0.396 e. The molecule has 1 aromatic heterocycles. The molecule has 2 aliphatic carbocycles. The highest BCUT2D eigenvalue weighted by molar-refractivity contribution is 7.87. The summed E-state index contributed by atoms with van der Waals surface area (Å²) in [7, 11) is 1.50. The zero-order valence-electron chi connectivity index (χ0n) is 24.7. The van der Waals surface area contributed by atoms with E-state index in [2.05, 4.69) is 20.7 Å². The van der Waals surface area contributed by atoms with Crippen molar-refractivity contribution >= 4 is 38.9 Å². The summed E-state index contributed by atoms with van der Waals surface area (Å²) in [6.07, 6.45) is 6.11. The highest BCUT2D eigenvalue weighted by Crippen LogP contribution is 2.59. The van der Waals surface area contributed by atoms with Crippen molar-refractivity contribution in [3.8, 4) is 17.0 Å². The van der Waals surface area contributed by atoms with Crippen molar-refractivity contribution in [3.63, 3.8) is 0 Å². The molecule has 6 rings (SSSR count). The second-order valence-electron chi connectivity index (χ2n) is 11.9. The average Bonchev–Trinajstić information content (AvgIpc) is 3.63. The van der Waals surface area contributed by atoms with E-state index in [1.165, 1.54) is 33.2 Å². The molecule has 3 aliphatic rings. The Morgan fingerprint density at radius 1 is 1.02 bits per heavy atom. The Bertz CT molecular complexity index is 1760. The number of esters is 1. The van der Waals surface area contributed by atoms with Crippen LogP contribution >= 0.6 is 0 Å². The summed E-state index contributed by atoms with van der Waals surface area (Å²) < 4.78 is 40.4. The molecule has 3 aromatic rings. The summed E-state index contributed by atoms with van der Waals surface area (Å²) >= 11 is 0. The number of amides is 2. The second kappa shape index (κ2) is 10.7. The highest BCUT2D eigenvalue weighted by Gasteiger charge is 2.59. The van der Waals surface area contributed by atoms with Crippen molar-refractivity contribution in [2.75, 3.05) is 28.3 Å². The van der Waals surface area contributed by atoms with E-state index >= 15 is 0 Å². The van der Waals surface area contributed by atoms with Crippen molar-refractivity contribution < 1.29 is 32.3 Å². The van der Waals surface area contributed by atoms with Gasteiger partial charge in [-0.25, -0.2) is 9.52 Å². The number of rotatable bonds is 6. The predicted octanol–water partition coefficient (Wildman–Crippen LogP) is 3.43. The first-order valence-corrected chi connectivity index (χ1v) is 15.9. The standard InChI is InChI=1S/C31H36N4O7S/c1-34(2)43(39,40)33-28(36)19-10-12-22-25(14-19)35-17-31(32-29(37)30(38)42-4)16-24(31)23-15-20(41-3)11-13-21(23)27(35)26(22)18-8-6-5-7-9-18/h10-15,18,24H,5-9,16-17H2,1-4H3,(H,32,37)(H,33,36). The minimum Gasteiger partial charge on any atom is -0.497 e. The molecule has 43 heavy (non-hydrogen) atoms. The first-order chi connectivity index (χ1) is 20.5. The molecule has 2 aromatic carbocycles. The molecule has 0 spiro atoms. The van der Waals surface area contributed by atoms with Gasteiger partial charge in [-0.2, -0.15) is 12.7 Å². The van der Waals surface area contributed by atoms with Crippen LogP contribution in [0.25, 0.3) is 22.2 Å². The Labute approximate surface area is 250 Å². The maximum absolute atomic E-state index is 13.2. The van der Waals surface area contributed by atoms with Gasteiger partial charge in [0.05, 0.1) is 25.5 Å². The molecule has 2 fully saturated rings. The van der Waals surface area contributed by atoms with Crippen LogP contribution in [0, 0.1) is 0 Å². The summed E-state index contributed by atoms with van der Waals surface area (Å²) in [6, 6.07) is 11.3. The maximum Gasteiger partial charge on any atom is 0.396 e. The van der Waals surface area contributed by atoms with Crippen LogP contribution in [0.3, 0.4) is 0 Å². The van der Waals surface area contributed by atoms with Crippen LogP contribution in [0.15, 0.2) is 36.4 Å². The van der Waals surface area contributed by atoms with Crippen molar-refractivity contribution in [2.45, 2.75) is 62.4 Å². The number of benzene rings is 2. The van der Waals surface area contributed by atoms with Gasteiger partial charge in [0, 0.05) is 48.6 Å². The number of nitrogens with zero attached hydrogens (tertiary/aromatic N) is 2. The lowest BCUT2D eigenvalue weighted by Crippen LogP contribution is -2.44. The molecule has 0 bridgehead atoms. The first-order valence-electron chi connectivity index (χ1n) is 14.5. The number of ether oxygens (including phenoxy) is 2. The lowest BCUT2D eigenvalue weighted by molar-refractivity contribution is -0.153. The van der Waals surface area contributed by atoms with E-state index in [9.17, 15) is 22.8 Å². The van der Waals surface area contributed by atoms with E-state index in [4.69, 9.17) is 9.47 Å². The van der Waals surface area contributed by atoms with E-state index in [-0.39, 0.29) is 11.5 Å². The second-order valence-corrected chi connectivity index (χ2v) is 13.8. The van der Waals surface area contributed by atoms with Gasteiger partial charge < -0.3 is 19.4 Å². The Balaban J connectivity index is 1.58. The van der Waals surface area contributed by atoms with Gasteiger partial charge >= 0.3 is 22.1 Å². The van der Waals surface area contributed by atoms with Crippen molar-refractivity contribution in [3.05, 3.63) is 53.1 Å². The van der Waals surface area contributed by atoms with E-state index in [0.717, 1.165) is 57.7 Å². The van der Waals surface area contributed by atoms with Crippen LogP contribution in [0.1, 0.15) is 71.8 Å². The normalized spacial score (nSPS) is 21.3. The van der Waals surface area contributed by atoms with Crippen molar-refractivity contribution in [1.82, 2.24) is 18.9 Å². The third-order valence-electron chi connectivity index (χ3n) is 9.22. The molecule has 0 radical (unpaired) electrons.